The minimum atomic E-state index is 0.709. The summed E-state index contributed by atoms with van der Waals surface area (Å²) in [6.07, 6.45) is 0. The molecule has 12 rings (SSSR count). The number of benzene rings is 9. The predicted octanol–water partition coefficient (Wildman–Crippen LogP) is 15.9. The minimum absolute atomic E-state index is 0.709. The summed E-state index contributed by atoms with van der Waals surface area (Å²) in [6.45, 7) is 0. The Hall–Kier alpha value is -6.98. The molecule has 4 heteroatoms. The Balaban J connectivity index is 1.23. The van der Waals surface area contributed by atoms with Crippen molar-refractivity contribution in [3.05, 3.63) is 194 Å². The molecule has 9 aromatic carbocycles. The van der Waals surface area contributed by atoms with Crippen molar-refractivity contribution in [1.82, 2.24) is 9.97 Å². The Kier molecular flexibility index (Phi) is 7.62. The molecule has 2 nitrogen and oxygen atoms in total. The zero-order chi connectivity index (χ0) is 38.2. The molecule has 0 fully saturated rings. The molecule has 0 amide bonds. The van der Waals surface area contributed by atoms with Gasteiger partial charge in [-0.25, -0.2) is 9.97 Å². The van der Waals surface area contributed by atoms with E-state index in [1.165, 1.54) is 51.1 Å². The Morgan fingerprint density at radius 3 is 1.50 bits per heavy atom. The highest BCUT2D eigenvalue weighted by atomic mass is 32.1. The molecule has 12 aromatic rings. The molecule has 0 aliphatic heterocycles. The van der Waals surface area contributed by atoms with Gasteiger partial charge in [-0.05, 0) is 56.6 Å². The van der Waals surface area contributed by atoms with Crippen LogP contribution in [0.25, 0.3) is 118 Å². The highest BCUT2D eigenvalue weighted by Crippen LogP contribution is 2.47. The van der Waals surface area contributed by atoms with Crippen LogP contribution < -0.4 is 0 Å². The van der Waals surface area contributed by atoms with Gasteiger partial charge in [-0.1, -0.05) is 176 Å². The van der Waals surface area contributed by atoms with Gasteiger partial charge in [-0.2, -0.15) is 0 Å². The third kappa shape index (κ3) is 5.23. The van der Waals surface area contributed by atoms with Crippen LogP contribution in [0.5, 0.6) is 0 Å². The average molecular weight is 773 g/mol. The normalized spacial score (nSPS) is 11.8. The van der Waals surface area contributed by atoms with Gasteiger partial charge >= 0.3 is 0 Å². The largest absolute Gasteiger partial charge is 0.228 e. The third-order valence-corrected chi connectivity index (χ3v) is 14.0. The molecule has 0 bridgehead atoms. The second-order valence-corrected chi connectivity index (χ2v) is 16.9. The second-order valence-electron chi connectivity index (χ2n) is 14.8. The first kappa shape index (κ1) is 33.2. The SMILES string of the molecule is c1ccc(-c2cccc3ccc(-c4cccc5ccccc45)c(-c4nc(-c5cccc6c5sc5ccccc56)cc(-c5cccc6c5sc5ccccc56)n4)c23)cc1. The summed E-state index contributed by atoms with van der Waals surface area (Å²) in [5, 5.41) is 9.73. The van der Waals surface area contributed by atoms with E-state index in [-0.39, 0.29) is 0 Å². The lowest BCUT2D eigenvalue weighted by Gasteiger charge is -2.19. The van der Waals surface area contributed by atoms with E-state index in [9.17, 15) is 0 Å². The number of rotatable bonds is 5. The van der Waals surface area contributed by atoms with E-state index < -0.39 is 0 Å². The summed E-state index contributed by atoms with van der Waals surface area (Å²) in [5.41, 5.74) is 9.66. The number of aromatic nitrogens is 2. The molecule has 0 N–H and O–H groups in total. The first-order chi connectivity index (χ1) is 28.8. The van der Waals surface area contributed by atoms with Crippen molar-refractivity contribution >= 4 is 84.6 Å². The maximum atomic E-state index is 5.69. The van der Waals surface area contributed by atoms with Crippen molar-refractivity contribution in [2.75, 3.05) is 0 Å². The van der Waals surface area contributed by atoms with E-state index in [2.05, 4.69) is 194 Å². The number of hydrogen-bond acceptors (Lipinski definition) is 4. The molecule has 3 aromatic heterocycles. The quantitative estimate of drug-likeness (QED) is 0.174. The lowest BCUT2D eigenvalue weighted by atomic mass is 9.87. The maximum Gasteiger partial charge on any atom is 0.161 e. The molecule has 3 heterocycles. The fourth-order valence-corrected chi connectivity index (χ4v) is 11.3. The van der Waals surface area contributed by atoms with Crippen molar-refractivity contribution in [2.45, 2.75) is 0 Å². The van der Waals surface area contributed by atoms with E-state index in [1.807, 2.05) is 22.7 Å². The van der Waals surface area contributed by atoms with Gasteiger partial charge < -0.3 is 0 Å². The Morgan fingerprint density at radius 1 is 0.328 bits per heavy atom. The zero-order valence-corrected chi connectivity index (χ0v) is 32.8. The van der Waals surface area contributed by atoms with Crippen LogP contribution in [0.4, 0.5) is 0 Å². The smallest absolute Gasteiger partial charge is 0.161 e. The predicted molar refractivity (Wildman–Crippen MR) is 250 cm³/mol. The molecule has 0 aliphatic rings. The van der Waals surface area contributed by atoms with Crippen molar-refractivity contribution in [1.29, 1.82) is 0 Å². The molecule has 0 saturated carbocycles. The van der Waals surface area contributed by atoms with Crippen LogP contribution in [0.1, 0.15) is 0 Å². The van der Waals surface area contributed by atoms with Gasteiger partial charge in [0.15, 0.2) is 5.82 Å². The van der Waals surface area contributed by atoms with Crippen LogP contribution >= 0.6 is 22.7 Å². The van der Waals surface area contributed by atoms with Crippen LogP contribution in [0.15, 0.2) is 194 Å². The van der Waals surface area contributed by atoms with Crippen molar-refractivity contribution in [3.63, 3.8) is 0 Å². The molecule has 0 saturated heterocycles. The Labute approximate surface area is 343 Å². The van der Waals surface area contributed by atoms with Crippen molar-refractivity contribution < 1.29 is 0 Å². The lowest BCUT2D eigenvalue weighted by Crippen LogP contribution is -1.99. The number of nitrogens with zero attached hydrogens (tertiary/aromatic N) is 2. The summed E-state index contributed by atoms with van der Waals surface area (Å²) < 4.78 is 5.01. The van der Waals surface area contributed by atoms with Gasteiger partial charge in [0, 0.05) is 62.4 Å². The Morgan fingerprint density at radius 2 is 0.828 bits per heavy atom. The summed E-state index contributed by atoms with van der Waals surface area (Å²) in [7, 11) is 0. The molecule has 0 radical (unpaired) electrons. The first-order valence-corrected chi connectivity index (χ1v) is 21.2. The minimum Gasteiger partial charge on any atom is -0.228 e. The molecule has 0 aliphatic carbocycles. The summed E-state index contributed by atoms with van der Waals surface area (Å²) in [6, 6.07) is 70.2. The van der Waals surface area contributed by atoms with Gasteiger partial charge in [0.1, 0.15) is 0 Å². The third-order valence-electron chi connectivity index (χ3n) is 11.5. The molecular formula is C54H32N2S2. The Bertz CT molecular complexity index is 3440. The van der Waals surface area contributed by atoms with Crippen LogP contribution in [0.3, 0.4) is 0 Å². The number of hydrogen-bond donors (Lipinski definition) is 0. The molecule has 0 unspecified atom stereocenters. The molecular weight excluding hydrogens is 741 g/mol. The summed E-state index contributed by atoms with van der Waals surface area (Å²) in [4.78, 5) is 11.4. The maximum absolute atomic E-state index is 5.69. The molecule has 0 atom stereocenters. The van der Waals surface area contributed by atoms with E-state index in [0.29, 0.717) is 5.82 Å². The standard InChI is InChI=1S/C54H32N2S2/c1-2-14-34(15-3-1)37-22-11-18-35-30-31-41(38-23-10-17-33-16-4-5-19-36(33)38)51(50(35)37)54-55-46(44-26-12-24-42-39-20-6-8-28-48(39)57-52(42)44)32-47(56-54)45-27-13-25-43-40-21-7-9-29-49(40)58-53(43)45/h1-32H. The highest BCUT2D eigenvalue weighted by Gasteiger charge is 2.23. The molecule has 0 spiro atoms. The highest BCUT2D eigenvalue weighted by molar-refractivity contribution is 7.26. The van der Waals surface area contributed by atoms with Crippen LogP contribution in [-0.4, -0.2) is 9.97 Å². The average Bonchev–Trinajstić information content (AvgIpc) is 3.87. The van der Waals surface area contributed by atoms with Gasteiger partial charge in [-0.3, -0.25) is 0 Å². The topological polar surface area (TPSA) is 25.8 Å². The van der Waals surface area contributed by atoms with Gasteiger partial charge in [0.2, 0.25) is 0 Å². The van der Waals surface area contributed by atoms with Gasteiger partial charge in [-0.15, -0.1) is 22.7 Å². The van der Waals surface area contributed by atoms with Gasteiger partial charge in [0.05, 0.1) is 11.4 Å². The number of thiophene rings is 2. The van der Waals surface area contributed by atoms with Crippen LogP contribution in [0.2, 0.25) is 0 Å². The van der Waals surface area contributed by atoms with E-state index >= 15 is 0 Å². The van der Waals surface area contributed by atoms with E-state index in [1.54, 1.807) is 0 Å². The number of fused-ring (bicyclic) bond motifs is 8. The molecule has 270 valence electrons. The van der Waals surface area contributed by atoms with Gasteiger partial charge in [0.25, 0.3) is 0 Å². The molecule has 58 heavy (non-hydrogen) atoms. The monoisotopic (exact) mass is 772 g/mol. The van der Waals surface area contributed by atoms with E-state index in [0.717, 1.165) is 61.1 Å². The van der Waals surface area contributed by atoms with E-state index in [4.69, 9.17) is 9.97 Å². The fraction of sp³-hybridized carbons (Fsp3) is 0. The summed E-state index contributed by atoms with van der Waals surface area (Å²) in [5.74, 6) is 0.709. The zero-order valence-electron chi connectivity index (χ0n) is 31.2. The lowest BCUT2D eigenvalue weighted by molar-refractivity contribution is 1.19. The van der Waals surface area contributed by atoms with Crippen molar-refractivity contribution in [3.8, 4) is 56.2 Å². The van der Waals surface area contributed by atoms with Crippen LogP contribution in [0, 0.1) is 0 Å². The second kappa shape index (κ2) is 13.3. The van der Waals surface area contributed by atoms with Crippen LogP contribution in [-0.2, 0) is 0 Å². The summed E-state index contributed by atoms with van der Waals surface area (Å²) >= 11 is 3.67. The fourth-order valence-electron chi connectivity index (χ4n) is 8.89. The van der Waals surface area contributed by atoms with Crippen molar-refractivity contribution in [2.24, 2.45) is 0 Å². The first-order valence-electron chi connectivity index (χ1n) is 19.6.